The molecule has 0 atom stereocenters. The predicted octanol–water partition coefficient (Wildman–Crippen LogP) is 4.50. The Morgan fingerprint density at radius 3 is 2.62 bits per heavy atom. The molecule has 0 saturated carbocycles. The van der Waals surface area contributed by atoms with Crippen molar-refractivity contribution in [1.29, 1.82) is 0 Å². The van der Waals surface area contributed by atoms with Crippen LogP contribution in [0, 0.1) is 0 Å². The van der Waals surface area contributed by atoms with Gasteiger partial charge >= 0.3 is 0 Å². The number of hydrogen-bond donors (Lipinski definition) is 0. The van der Waals surface area contributed by atoms with E-state index in [9.17, 15) is 4.79 Å². The third kappa shape index (κ3) is 4.20. The van der Waals surface area contributed by atoms with Crippen LogP contribution in [0.4, 0.5) is 0 Å². The maximum absolute atomic E-state index is 11.2. The maximum atomic E-state index is 11.2. The average Bonchev–Trinajstić information content (AvgIpc) is 2.50. The Bertz CT molecular complexity index is 621. The molecule has 3 heteroatoms. The van der Waals surface area contributed by atoms with Gasteiger partial charge < -0.3 is 4.74 Å². The van der Waals surface area contributed by atoms with E-state index in [1.54, 1.807) is 12.1 Å². The number of rotatable bonds is 7. The molecule has 0 aliphatic carbocycles. The van der Waals surface area contributed by atoms with E-state index in [-0.39, 0.29) is 0 Å². The monoisotopic (exact) mass is 300 g/mol. The first kappa shape index (κ1) is 15.3. The van der Waals surface area contributed by atoms with Crippen LogP contribution >= 0.6 is 11.6 Å². The molecule has 0 fully saturated rings. The Hall–Kier alpha value is -2.06. The summed E-state index contributed by atoms with van der Waals surface area (Å²) in [4.78, 5) is 11.2. The Morgan fingerprint density at radius 2 is 1.95 bits per heavy atom. The molecule has 0 aliphatic heterocycles. The van der Waals surface area contributed by atoms with Gasteiger partial charge in [0.2, 0.25) is 0 Å². The fraction of sp³-hybridized carbons (Fsp3) is 0.167. The van der Waals surface area contributed by atoms with Crippen molar-refractivity contribution in [3.8, 4) is 5.75 Å². The second-order valence-electron chi connectivity index (χ2n) is 4.68. The quantitative estimate of drug-likeness (QED) is 0.556. The summed E-state index contributed by atoms with van der Waals surface area (Å²) in [5, 5.41) is 0.532. The van der Waals surface area contributed by atoms with Crippen molar-refractivity contribution >= 4 is 17.9 Å². The van der Waals surface area contributed by atoms with E-state index < -0.39 is 0 Å². The third-order valence-corrected chi connectivity index (χ3v) is 3.35. The van der Waals surface area contributed by atoms with Gasteiger partial charge in [-0.05, 0) is 24.1 Å². The largest absolute Gasteiger partial charge is 0.492 e. The topological polar surface area (TPSA) is 26.3 Å². The van der Waals surface area contributed by atoms with Crippen LogP contribution in [0.3, 0.4) is 0 Å². The minimum absolute atomic E-state index is 0.479. The molecule has 0 N–H and O–H groups in total. The molecule has 0 saturated heterocycles. The average molecular weight is 301 g/mol. The van der Waals surface area contributed by atoms with Crippen LogP contribution in [0.25, 0.3) is 0 Å². The van der Waals surface area contributed by atoms with Crippen molar-refractivity contribution < 1.29 is 9.53 Å². The summed E-state index contributed by atoms with van der Waals surface area (Å²) in [6.07, 6.45) is 3.94. The first-order chi connectivity index (χ1) is 10.2. The first-order valence-electron chi connectivity index (χ1n) is 6.80. The lowest BCUT2D eigenvalue weighted by Crippen LogP contribution is -2.05. The molecule has 0 aromatic heterocycles. The van der Waals surface area contributed by atoms with Gasteiger partial charge in [-0.15, -0.1) is 6.58 Å². The van der Waals surface area contributed by atoms with Crippen molar-refractivity contribution in [2.45, 2.75) is 12.8 Å². The van der Waals surface area contributed by atoms with E-state index >= 15 is 0 Å². The van der Waals surface area contributed by atoms with Gasteiger partial charge in [-0.3, -0.25) is 4.79 Å². The highest BCUT2D eigenvalue weighted by Gasteiger charge is 2.11. The van der Waals surface area contributed by atoms with E-state index in [0.717, 1.165) is 18.3 Å². The number of allylic oxidation sites excluding steroid dienone is 1. The lowest BCUT2D eigenvalue weighted by atomic mass is 10.1. The summed E-state index contributed by atoms with van der Waals surface area (Å²) in [5.41, 5.74) is 2.56. The molecular weight excluding hydrogens is 284 g/mol. The molecule has 0 heterocycles. The molecule has 2 nitrogen and oxygen atoms in total. The number of hydrogen-bond acceptors (Lipinski definition) is 2. The molecule has 0 aliphatic rings. The SMILES string of the molecule is C=CCc1cc(Cl)cc(C=O)c1OCCc1ccccc1. The van der Waals surface area contributed by atoms with Gasteiger partial charge in [0.15, 0.2) is 6.29 Å². The van der Waals surface area contributed by atoms with E-state index in [2.05, 4.69) is 18.7 Å². The molecule has 0 radical (unpaired) electrons. The number of ether oxygens (including phenoxy) is 1. The Morgan fingerprint density at radius 1 is 1.19 bits per heavy atom. The van der Waals surface area contributed by atoms with Crippen LogP contribution in [-0.2, 0) is 12.8 Å². The van der Waals surface area contributed by atoms with Crippen molar-refractivity contribution in [1.82, 2.24) is 0 Å². The van der Waals surface area contributed by atoms with E-state index in [1.165, 1.54) is 5.56 Å². The zero-order chi connectivity index (χ0) is 15.1. The zero-order valence-corrected chi connectivity index (χ0v) is 12.5. The first-order valence-corrected chi connectivity index (χ1v) is 7.17. The molecule has 0 amide bonds. The van der Waals surface area contributed by atoms with Gasteiger partial charge in [-0.2, -0.15) is 0 Å². The van der Waals surface area contributed by atoms with Gasteiger partial charge in [0, 0.05) is 17.0 Å². The molecule has 108 valence electrons. The van der Waals surface area contributed by atoms with Gasteiger partial charge in [0.05, 0.1) is 12.2 Å². The smallest absolute Gasteiger partial charge is 0.153 e. The molecule has 0 spiro atoms. The highest BCUT2D eigenvalue weighted by Crippen LogP contribution is 2.28. The van der Waals surface area contributed by atoms with Crippen molar-refractivity contribution in [3.63, 3.8) is 0 Å². The molecule has 2 aromatic rings. The summed E-state index contributed by atoms with van der Waals surface area (Å²) in [6.45, 7) is 4.23. The van der Waals surface area contributed by atoms with Crippen molar-refractivity contribution in [3.05, 3.63) is 76.8 Å². The lowest BCUT2D eigenvalue weighted by molar-refractivity contribution is 0.111. The van der Waals surface area contributed by atoms with E-state index in [0.29, 0.717) is 29.4 Å². The van der Waals surface area contributed by atoms with Crippen LogP contribution in [0.15, 0.2) is 55.1 Å². The lowest BCUT2D eigenvalue weighted by Gasteiger charge is -2.13. The number of aldehydes is 1. The minimum Gasteiger partial charge on any atom is -0.492 e. The highest BCUT2D eigenvalue weighted by atomic mass is 35.5. The van der Waals surface area contributed by atoms with Crippen LogP contribution < -0.4 is 4.74 Å². The fourth-order valence-corrected chi connectivity index (χ4v) is 2.41. The third-order valence-electron chi connectivity index (χ3n) is 3.13. The number of carbonyl (C=O) groups is 1. The van der Waals surface area contributed by atoms with Gasteiger partial charge in [-0.25, -0.2) is 0 Å². The van der Waals surface area contributed by atoms with Crippen LogP contribution in [0.2, 0.25) is 5.02 Å². The summed E-state index contributed by atoms with van der Waals surface area (Å²) in [5.74, 6) is 0.602. The summed E-state index contributed by atoms with van der Waals surface area (Å²) in [6, 6.07) is 13.5. The Kier molecular flexibility index (Phi) is 5.59. The van der Waals surface area contributed by atoms with Gasteiger partial charge in [0.1, 0.15) is 5.75 Å². The van der Waals surface area contributed by atoms with Crippen LogP contribution in [0.1, 0.15) is 21.5 Å². The van der Waals surface area contributed by atoms with Gasteiger partial charge in [0.25, 0.3) is 0 Å². The standard InChI is InChI=1S/C18H17ClO2/c1-2-6-15-11-17(19)12-16(13-20)18(15)21-10-9-14-7-4-3-5-8-14/h2-5,7-8,11-13H,1,6,9-10H2. The summed E-state index contributed by atoms with van der Waals surface area (Å²) < 4.78 is 5.83. The summed E-state index contributed by atoms with van der Waals surface area (Å²) in [7, 11) is 0. The maximum Gasteiger partial charge on any atom is 0.153 e. The number of carbonyl (C=O) groups excluding carboxylic acids is 1. The molecule has 0 bridgehead atoms. The number of halogens is 1. The fourth-order valence-electron chi connectivity index (χ4n) is 2.16. The molecular formula is C18H17ClO2. The molecule has 2 rings (SSSR count). The zero-order valence-electron chi connectivity index (χ0n) is 11.7. The highest BCUT2D eigenvalue weighted by molar-refractivity contribution is 6.31. The Labute approximate surface area is 130 Å². The molecule has 2 aromatic carbocycles. The van der Waals surface area contributed by atoms with Crippen molar-refractivity contribution in [2.75, 3.05) is 6.61 Å². The predicted molar refractivity (Wildman–Crippen MR) is 86.4 cm³/mol. The van der Waals surface area contributed by atoms with Crippen LogP contribution in [0.5, 0.6) is 5.75 Å². The normalized spacial score (nSPS) is 10.1. The molecule has 21 heavy (non-hydrogen) atoms. The summed E-state index contributed by atoms with van der Waals surface area (Å²) >= 11 is 6.02. The van der Waals surface area contributed by atoms with Crippen molar-refractivity contribution in [2.24, 2.45) is 0 Å². The molecule has 0 unspecified atom stereocenters. The number of benzene rings is 2. The van der Waals surface area contributed by atoms with E-state index in [1.807, 2.05) is 24.3 Å². The van der Waals surface area contributed by atoms with Crippen LogP contribution in [-0.4, -0.2) is 12.9 Å². The minimum atomic E-state index is 0.479. The van der Waals surface area contributed by atoms with Gasteiger partial charge in [-0.1, -0.05) is 48.0 Å². The second-order valence-corrected chi connectivity index (χ2v) is 5.11. The second kappa shape index (κ2) is 7.65. The van der Waals surface area contributed by atoms with E-state index in [4.69, 9.17) is 16.3 Å². The Balaban J connectivity index is 2.14.